The van der Waals surface area contributed by atoms with Crippen molar-refractivity contribution in [3.63, 3.8) is 0 Å². The minimum absolute atomic E-state index is 0.717. The molecule has 0 aromatic rings. The van der Waals surface area contributed by atoms with Crippen LogP contribution in [0.25, 0.3) is 0 Å². The second-order valence-corrected chi connectivity index (χ2v) is 6.00. The molecule has 2 unspecified atom stereocenters. The Bertz CT molecular complexity index is 224. The van der Waals surface area contributed by atoms with Gasteiger partial charge in [-0.05, 0) is 11.8 Å². The standard InChI is InChI=1S/C13H26N2S/c1-5-10(4)8-14-13-15-9-12(16-13)11(6-2)7-3/h10-12H,5-9H2,1-4H3,(H,14,15). The smallest absolute Gasteiger partial charge is 0.156 e. The van der Waals surface area contributed by atoms with E-state index in [0.717, 1.165) is 30.2 Å². The molecule has 1 rings (SSSR count). The number of amidine groups is 1. The molecule has 0 aliphatic carbocycles. The van der Waals surface area contributed by atoms with E-state index < -0.39 is 0 Å². The van der Waals surface area contributed by atoms with Crippen molar-refractivity contribution in [3.05, 3.63) is 0 Å². The molecule has 0 aromatic carbocycles. The van der Waals surface area contributed by atoms with E-state index in [1.54, 1.807) is 0 Å². The Morgan fingerprint density at radius 1 is 1.31 bits per heavy atom. The van der Waals surface area contributed by atoms with Gasteiger partial charge in [0, 0.05) is 11.8 Å². The molecule has 2 atom stereocenters. The molecule has 0 bridgehead atoms. The van der Waals surface area contributed by atoms with Gasteiger partial charge in [-0.3, -0.25) is 4.99 Å². The van der Waals surface area contributed by atoms with Crippen molar-refractivity contribution in [1.29, 1.82) is 0 Å². The van der Waals surface area contributed by atoms with Crippen LogP contribution in [-0.4, -0.2) is 23.5 Å². The normalized spacial score (nSPS) is 22.3. The maximum atomic E-state index is 4.61. The quantitative estimate of drug-likeness (QED) is 0.770. The fourth-order valence-electron chi connectivity index (χ4n) is 1.95. The molecule has 2 nitrogen and oxygen atoms in total. The first-order valence-corrected chi connectivity index (χ1v) is 7.54. The molecule has 0 spiro atoms. The van der Waals surface area contributed by atoms with Crippen LogP contribution < -0.4 is 5.32 Å². The van der Waals surface area contributed by atoms with Gasteiger partial charge in [-0.15, -0.1) is 0 Å². The van der Waals surface area contributed by atoms with Crippen LogP contribution >= 0.6 is 11.8 Å². The Hall–Kier alpha value is -0.180. The van der Waals surface area contributed by atoms with Crippen molar-refractivity contribution in [2.75, 3.05) is 13.1 Å². The highest BCUT2D eigenvalue weighted by Gasteiger charge is 2.25. The summed E-state index contributed by atoms with van der Waals surface area (Å²) in [5.41, 5.74) is 0. The van der Waals surface area contributed by atoms with Gasteiger partial charge in [-0.25, -0.2) is 0 Å². The van der Waals surface area contributed by atoms with Gasteiger partial charge >= 0.3 is 0 Å². The Labute approximate surface area is 105 Å². The van der Waals surface area contributed by atoms with Gasteiger partial charge in [0.05, 0.1) is 6.54 Å². The molecule has 1 aliphatic rings. The number of nitrogens with one attached hydrogen (secondary N) is 1. The molecule has 0 radical (unpaired) electrons. The van der Waals surface area contributed by atoms with Crippen LogP contribution in [0.15, 0.2) is 4.99 Å². The summed E-state index contributed by atoms with van der Waals surface area (Å²) in [6, 6.07) is 0. The number of hydrogen-bond acceptors (Lipinski definition) is 3. The molecular weight excluding hydrogens is 216 g/mol. The van der Waals surface area contributed by atoms with Gasteiger partial charge < -0.3 is 5.32 Å². The van der Waals surface area contributed by atoms with Crippen LogP contribution in [0.3, 0.4) is 0 Å². The van der Waals surface area contributed by atoms with E-state index in [9.17, 15) is 0 Å². The first-order chi connectivity index (χ1) is 7.71. The van der Waals surface area contributed by atoms with Gasteiger partial charge in [0.25, 0.3) is 0 Å². The Kier molecular flexibility index (Phi) is 6.25. The Morgan fingerprint density at radius 2 is 2.00 bits per heavy atom. The van der Waals surface area contributed by atoms with Crippen LogP contribution in [0.2, 0.25) is 0 Å². The maximum absolute atomic E-state index is 4.61. The molecule has 0 aromatic heterocycles. The largest absolute Gasteiger partial charge is 0.365 e. The average Bonchev–Trinajstić information content (AvgIpc) is 2.76. The van der Waals surface area contributed by atoms with Gasteiger partial charge in [0.1, 0.15) is 0 Å². The minimum atomic E-state index is 0.717. The van der Waals surface area contributed by atoms with Gasteiger partial charge in [-0.2, -0.15) is 0 Å². The van der Waals surface area contributed by atoms with Gasteiger partial charge in [0.2, 0.25) is 0 Å². The fraction of sp³-hybridized carbons (Fsp3) is 0.923. The highest BCUT2D eigenvalue weighted by molar-refractivity contribution is 8.14. The monoisotopic (exact) mass is 242 g/mol. The lowest BCUT2D eigenvalue weighted by atomic mass is 9.99. The van der Waals surface area contributed by atoms with Crippen molar-refractivity contribution in [1.82, 2.24) is 5.32 Å². The number of thioether (sulfide) groups is 1. The summed E-state index contributed by atoms with van der Waals surface area (Å²) in [5, 5.41) is 5.37. The highest BCUT2D eigenvalue weighted by Crippen LogP contribution is 2.30. The Morgan fingerprint density at radius 3 is 2.56 bits per heavy atom. The lowest BCUT2D eigenvalue weighted by Crippen LogP contribution is -2.26. The summed E-state index contributed by atoms with van der Waals surface area (Å²) in [4.78, 5) is 4.61. The van der Waals surface area contributed by atoms with Crippen molar-refractivity contribution >= 4 is 16.9 Å². The lowest BCUT2D eigenvalue weighted by molar-refractivity contribution is 0.479. The summed E-state index contributed by atoms with van der Waals surface area (Å²) in [7, 11) is 0. The van der Waals surface area contributed by atoms with Crippen molar-refractivity contribution < 1.29 is 0 Å². The molecule has 0 saturated heterocycles. The van der Waals surface area contributed by atoms with E-state index in [1.165, 1.54) is 24.4 Å². The maximum Gasteiger partial charge on any atom is 0.156 e. The molecule has 1 heterocycles. The molecule has 3 heteroatoms. The third kappa shape index (κ3) is 4.00. The van der Waals surface area contributed by atoms with E-state index >= 15 is 0 Å². The molecule has 1 aliphatic heterocycles. The molecular formula is C13H26N2S. The molecule has 94 valence electrons. The first-order valence-electron chi connectivity index (χ1n) is 6.66. The number of aliphatic imine (C=N–C) groups is 1. The fourth-order valence-corrected chi connectivity index (χ4v) is 3.28. The molecule has 0 saturated carbocycles. The topological polar surface area (TPSA) is 24.4 Å². The summed E-state index contributed by atoms with van der Waals surface area (Å²) in [6.45, 7) is 11.2. The van der Waals surface area contributed by atoms with Crippen molar-refractivity contribution in [3.8, 4) is 0 Å². The second-order valence-electron chi connectivity index (χ2n) is 4.77. The summed E-state index contributed by atoms with van der Waals surface area (Å²) < 4.78 is 0. The second kappa shape index (κ2) is 7.21. The predicted molar refractivity (Wildman–Crippen MR) is 75.2 cm³/mol. The summed E-state index contributed by atoms with van der Waals surface area (Å²) >= 11 is 1.96. The van der Waals surface area contributed by atoms with Crippen LogP contribution in [-0.2, 0) is 0 Å². The third-order valence-electron chi connectivity index (χ3n) is 3.55. The van der Waals surface area contributed by atoms with Gasteiger partial charge in [0.15, 0.2) is 5.17 Å². The molecule has 0 fully saturated rings. The zero-order chi connectivity index (χ0) is 12.0. The Balaban J connectivity index is 2.28. The number of rotatable bonds is 6. The zero-order valence-electron chi connectivity index (χ0n) is 11.1. The predicted octanol–water partition coefficient (Wildman–Crippen LogP) is 3.53. The highest BCUT2D eigenvalue weighted by atomic mass is 32.2. The first kappa shape index (κ1) is 13.9. The number of nitrogens with zero attached hydrogens (tertiary/aromatic N) is 1. The van der Waals surface area contributed by atoms with E-state index in [4.69, 9.17) is 0 Å². The lowest BCUT2D eigenvalue weighted by Gasteiger charge is -2.19. The van der Waals surface area contributed by atoms with Crippen LogP contribution in [0.1, 0.15) is 47.0 Å². The SMILES string of the molecule is CCC(C)CNC1=NCC(C(CC)CC)S1. The summed E-state index contributed by atoms with van der Waals surface area (Å²) in [5.74, 6) is 1.58. The van der Waals surface area contributed by atoms with Crippen LogP contribution in [0, 0.1) is 11.8 Å². The van der Waals surface area contributed by atoms with E-state index in [0.29, 0.717) is 0 Å². The minimum Gasteiger partial charge on any atom is -0.365 e. The van der Waals surface area contributed by atoms with E-state index in [-0.39, 0.29) is 0 Å². The van der Waals surface area contributed by atoms with Gasteiger partial charge in [-0.1, -0.05) is 58.7 Å². The number of hydrogen-bond donors (Lipinski definition) is 1. The molecule has 1 N–H and O–H groups in total. The third-order valence-corrected chi connectivity index (χ3v) is 4.88. The van der Waals surface area contributed by atoms with Crippen LogP contribution in [0.5, 0.6) is 0 Å². The van der Waals surface area contributed by atoms with E-state index in [1.807, 2.05) is 11.8 Å². The van der Waals surface area contributed by atoms with Crippen molar-refractivity contribution in [2.45, 2.75) is 52.2 Å². The van der Waals surface area contributed by atoms with Crippen molar-refractivity contribution in [2.24, 2.45) is 16.8 Å². The van der Waals surface area contributed by atoms with Crippen LogP contribution in [0.4, 0.5) is 0 Å². The molecule has 16 heavy (non-hydrogen) atoms. The molecule has 0 amide bonds. The summed E-state index contributed by atoms with van der Waals surface area (Å²) in [6.07, 6.45) is 3.80. The van der Waals surface area contributed by atoms with E-state index in [2.05, 4.69) is 38.0 Å². The average molecular weight is 242 g/mol. The zero-order valence-corrected chi connectivity index (χ0v) is 11.9.